The third-order valence-electron chi connectivity index (χ3n) is 4.46. The summed E-state index contributed by atoms with van der Waals surface area (Å²) in [5.74, 6) is 0.325. The van der Waals surface area contributed by atoms with Crippen LogP contribution in [0.25, 0.3) is 0 Å². The summed E-state index contributed by atoms with van der Waals surface area (Å²) in [5, 5.41) is 5.66. The molecule has 3 rings (SSSR count). The lowest BCUT2D eigenvalue weighted by atomic mass is 10.0. The molecule has 2 amide bonds. The molecule has 0 spiro atoms. The summed E-state index contributed by atoms with van der Waals surface area (Å²) in [5.41, 5.74) is 0.977. The van der Waals surface area contributed by atoms with Crippen LogP contribution in [0.5, 0.6) is 0 Å². The molecule has 1 fully saturated rings. The van der Waals surface area contributed by atoms with Crippen molar-refractivity contribution >= 4 is 11.8 Å². The zero-order valence-electron chi connectivity index (χ0n) is 15.4. The molecule has 1 unspecified atom stereocenters. The van der Waals surface area contributed by atoms with Crippen LogP contribution in [0.15, 0.2) is 53.1 Å². The van der Waals surface area contributed by atoms with Crippen LogP contribution in [0.3, 0.4) is 0 Å². The van der Waals surface area contributed by atoms with Crippen LogP contribution in [-0.4, -0.2) is 37.6 Å². The van der Waals surface area contributed by atoms with E-state index < -0.39 is 11.9 Å². The molecular weight excluding hydrogens is 344 g/mol. The second-order valence-electron chi connectivity index (χ2n) is 6.86. The summed E-state index contributed by atoms with van der Waals surface area (Å²) >= 11 is 0. The Hall–Kier alpha value is -2.60. The molecule has 0 bridgehead atoms. The molecule has 27 heavy (non-hydrogen) atoms. The van der Waals surface area contributed by atoms with E-state index in [4.69, 9.17) is 9.15 Å². The average Bonchev–Trinajstić information content (AvgIpc) is 3.34. The minimum Gasteiger partial charge on any atom is -0.459 e. The molecule has 1 saturated carbocycles. The van der Waals surface area contributed by atoms with Gasteiger partial charge in [-0.25, -0.2) is 0 Å². The van der Waals surface area contributed by atoms with Crippen molar-refractivity contribution in [2.24, 2.45) is 5.92 Å². The van der Waals surface area contributed by atoms with E-state index in [2.05, 4.69) is 10.6 Å². The molecule has 1 heterocycles. The van der Waals surface area contributed by atoms with E-state index in [0.717, 1.165) is 24.5 Å². The van der Waals surface area contributed by atoms with Gasteiger partial charge in [0.05, 0.1) is 6.26 Å². The van der Waals surface area contributed by atoms with E-state index in [1.54, 1.807) is 12.1 Å². The van der Waals surface area contributed by atoms with E-state index >= 15 is 0 Å². The van der Waals surface area contributed by atoms with Gasteiger partial charge in [0.15, 0.2) is 5.76 Å². The molecule has 1 aliphatic rings. The van der Waals surface area contributed by atoms with Crippen LogP contribution in [0.1, 0.15) is 35.4 Å². The van der Waals surface area contributed by atoms with Gasteiger partial charge in [0.2, 0.25) is 5.91 Å². The zero-order chi connectivity index (χ0) is 18.9. The Kier molecular flexibility index (Phi) is 7.04. The van der Waals surface area contributed by atoms with Crippen LogP contribution in [0, 0.1) is 5.92 Å². The summed E-state index contributed by atoms with van der Waals surface area (Å²) in [6.45, 7) is 1.98. The quantitative estimate of drug-likeness (QED) is 0.596. The van der Waals surface area contributed by atoms with Crippen LogP contribution in [0.4, 0.5) is 0 Å². The fourth-order valence-electron chi connectivity index (χ4n) is 2.74. The first-order valence-electron chi connectivity index (χ1n) is 9.46. The Bertz CT molecular complexity index is 711. The Morgan fingerprint density at radius 3 is 2.67 bits per heavy atom. The van der Waals surface area contributed by atoms with Gasteiger partial charge in [-0.15, -0.1) is 0 Å². The number of carbonyl (C=O) groups is 2. The number of ether oxygens (including phenoxy) is 1. The molecule has 2 N–H and O–H groups in total. The highest BCUT2D eigenvalue weighted by atomic mass is 16.5. The first-order chi connectivity index (χ1) is 13.2. The fourth-order valence-corrected chi connectivity index (χ4v) is 2.74. The number of rotatable bonds is 11. The number of nitrogens with one attached hydrogen (secondary N) is 2. The number of furan rings is 1. The van der Waals surface area contributed by atoms with E-state index in [-0.39, 0.29) is 11.7 Å². The average molecular weight is 370 g/mol. The highest BCUT2D eigenvalue weighted by molar-refractivity contribution is 5.95. The first-order valence-corrected chi connectivity index (χ1v) is 9.46. The van der Waals surface area contributed by atoms with Gasteiger partial charge in [-0.1, -0.05) is 30.3 Å². The molecule has 1 aliphatic carbocycles. The number of amides is 2. The topological polar surface area (TPSA) is 80.6 Å². The molecule has 0 saturated heterocycles. The largest absolute Gasteiger partial charge is 0.459 e. The van der Waals surface area contributed by atoms with E-state index in [1.165, 1.54) is 19.1 Å². The molecule has 1 aromatic heterocycles. The molecule has 1 atom stereocenters. The second kappa shape index (κ2) is 9.92. The van der Waals surface area contributed by atoms with Crippen molar-refractivity contribution in [1.82, 2.24) is 10.6 Å². The molecule has 6 nitrogen and oxygen atoms in total. The van der Waals surface area contributed by atoms with Crippen molar-refractivity contribution in [2.45, 2.75) is 31.7 Å². The van der Waals surface area contributed by atoms with Crippen molar-refractivity contribution < 1.29 is 18.7 Å². The zero-order valence-corrected chi connectivity index (χ0v) is 15.4. The normalized spacial score (nSPS) is 14.5. The van der Waals surface area contributed by atoms with Crippen molar-refractivity contribution in [1.29, 1.82) is 0 Å². The van der Waals surface area contributed by atoms with E-state index in [1.807, 2.05) is 30.3 Å². The Labute approximate surface area is 159 Å². The number of carbonyl (C=O) groups excluding carboxylic acids is 2. The number of benzene rings is 1. The Morgan fingerprint density at radius 1 is 1.15 bits per heavy atom. The SMILES string of the molecule is O=C(NC(Cc1ccccc1)C(=O)NCCCOCC1CC1)c1ccco1. The van der Waals surface area contributed by atoms with Crippen molar-refractivity contribution in [3.05, 3.63) is 60.1 Å². The van der Waals surface area contributed by atoms with Gasteiger partial charge in [-0.05, 0) is 42.9 Å². The summed E-state index contributed by atoms with van der Waals surface area (Å²) in [6, 6.07) is 12.2. The highest BCUT2D eigenvalue weighted by Crippen LogP contribution is 2.28. The second-order valence-corrected chi connectivity index (χ2v) is 6.86. The predicted molar refractivity (Wildman–Crippen MR) is 101 cm³/mol. The number of hydrogen-bond donors (Lipinski definition) is 2. The fraction of sp³-hybridized carbons (Fsp3) is 0.429. The van der Waals surface area contributed by atoms with Crippen molar-refractivity contribution in [3.63, 3.8) is 0 Å². The van der Waals surface area contributed by atoms with Gasteiger partial charge in [0.25, 0.3) is 5.91 Å². The Balaban J connectivity index is 1.49. The third-order valence-corrected chi connectivity index (χ3v) is 4.46. The molecule has 2 aromatic rings. The molecule has 6 heteroatoms. The van der Waals surface area contributed by atoms with Crippen LogP contribution in [0.2, 0.25) is 0 Å². The maximum Gasteiger partial charge on any atom is 0.287 e. The smallest absolute Gasteiger partial charge is 0.287 e. The standard InChI is InChI=1S/C21H26N2O4/c24-20(22-11-5-12-26-15-17-9-10-17)18(14-16-6-2-1-3-7-16)23-21(25)19-8-4-13-27-19/h1-4,6-8,13,17-18H,5,9-12,14-15H2,(H,22,24)(H,23,25). The lowest BCUT2D eigenvalue weighted by molar-refractivity contribution is -0.123. The minimum absolute atomic E-state index is 0.189. The van der Waals surface area contributed by atoms with Gasteiger partial charge in [0.1, 0.15) is 6.04 Å². The van der Waals surface area contributed by atoms with E-state index in [9.17, 15) is 9.59 Å². The van der Waals surface area contributed by atoms with Crippen LogP contribution >= 0.6 is 0 Å². The van der Waals surface area contributed by atoms with Gasteiger partial charge in [-0.2, -0.15) is 0 Å². The minimum atomic E-state index is -0.669. The van der Waals surface area contributed by atoms with Gasteiger partial charge >= 0.3 is 0 Å². The van der Waals surface area contributed by atoms with Crippen molar-refractivity contribution in [3.8, 4) is 0 Å². The summed E-state index contributed by atoms with van der Waals surface area (Å²) in [4.78, 5) is 24.9. The van der Waals surface area contributed by atoms with Gasteiger partial charge < -0.3 is 19.8 Å². The monoisotopic (exact) mass is 370 g/mol. The summed E-state index contributed by atoms with van der Waals surface area (Å²) in [7, 11) is 0. The van der Waals surface area contributed by atoms with Gasteiger partial charge in [-0.3, -0.25) is 9.59 Å². The maximum absolute atomic E-state index is 12.6. The molecule has 144 valence electrons. The molecular formula is C21H26N2O4. The lowest BCUT2D eigenvalue weighted by Crippen LogP contribution is -2.48. The van der Waals surface area contributed by atoms with E-state index in [0.29, 0.717) is 19.6 Å². The lowest BCUT2D eigenvalue weighted by Gasteiger charge is -2.18. The summed E-state index contributed by atoms with van der Waals surface area (Å²) < 4.78 is 10.7. The molecule has 1 aromatic carbocycles. The van der Waals surface area contributed by atoms with Crippen LogP contribution < -0.4 is 10.6 Å². The summed E-state index contributed by atoms with van der Waals surface area (Å²) in [6.07, 6.45) is 5.14. The van der Waals surface area contributed by atoms with Gasteiger partial charge in [0, 0.05) is 26.2 Å². The molecule has 0 radical (unpaired) electrons. The Morgan fingerprint density at radius 2 is 1.96 bits per heavy atom. The van der Waals surface area contributed by atoms with Crippen molar-refractivity contribution in [2.75, 3.05) is 19.8 Å². The maximum atomic E-state index is 12.6. The molecule has 0 aliphatic heterocycles. The highest BCUT2D eigenvalue weighted by Gasteiger charge is 2.23. The number of hydrogen-bond acceptors (Lipinski definition) is 4. The predicted octanol–water partition coefficient (Wildman–Crippen LogP) is 2.55. The van der Waals surface area contributed by atoms with Crippen LogP contribution in [-0.2, 0) is 16.0 Å². The third kappa shape index (κ3) is 6.57. The first kappa shape index (κ1) is 19.2.